The van der Waals surface area contributed by atoms with Gasteiger partial charge in [0.15, 0.2) is 17.2 Å². The van der Waals surface area contributed by atoms with Crippen LogP contribution in [0.15, 0.2) is 16.5 Å². The second-order valence-corrected chi connectivity index (χ2v) is 7.04. The molecule has 1 N–H and O–H groups in total. The molecule has 3 rings (SSSR count). The van der Waals surface area contributed by atoms with Crippen molar-refractivity contribution in [3.05, 3.63) is 29.7 Å². The Morgan fingerprint density at radius 3 is 2.93 bits per heavy atom. The molecule has 9 heteroatoms. The minimum absolute atomic E-state index is 0.0878. The summed E-state index contributed by atoms with van der Waals surface area (Å²) >= 11 is 0. The van der Waals surface area contributed by atoms with E-state index in [1.165, 1.54) is 0 Å². The number of unbranched alkanes of at least 4 members (excludes halogenated alkanes) is 1. The Bertz CT molecular complexity index is 818. The molecule has 2 aromatic rings. The van der Waals surface area contributed by atoms with Gasteiger partial charge in [-0.25, -0.2) is 18.8 Å². The SMILES string of the molecule is CCCCC(CN(O)C=O)C(=O)N1CCCC1c1nc2cc(F)c(F)cc2o1. The predicted molar refractivity (Wildman–Crippen MR) is 95.2 cm³/mol. The molecule has 2 unspecified atom stereocenters. The van der Waals surface area contributed by atoms with Crippen LogP contribution in [0.25, 0.3) is 11.1 Å². The average molecular weight is 395 g/mol. The molecule has 0 bridgehead atoms. The van der Waals surface area contributed by atoms with Gasteiger partial charge in [-0.05, 0) is 19.3 Å². The van der Waals surface area contributed by atoms with Gasteiger partial charge in [0, 0.05) is 18.7 Å². The monoisotopic (exact) mass is 395 g/mol. The van der Waals surface area contributed by atoms with Crippen molar-refractivity contribution in [2.75, 3.05) is 13.1 Å². The highest BCUT2D eigenvalue weighted by Gasteiger charge is 2.37. The number of carbonyl (C=O) groups excluding carboxylic acids is 2. The third kappa shape index (κ3) is 4.14. The number of likely N-dealkylation sites (tertiary alicyclic amines) is 1. The van der Waals surface area contributed by atoms with Crippen LogP contribution in [0.4, 0.5) is 8.78 Å². The van der Waals surface area contributed by atoms with E-state index in [1.54, 1.807) is 4.90 Å². The highest BCUT2D eigenvalue weighted by atomic mass is 19.2. The van der Waals surface area contributed by atoms with Crippen LogP contribution in [-0.4, -0.2) is 45.6 Å². The summed E-state index contributed by atoms with van der Waals surface area (Å²) in [4.78, 5) is 29.7. The summed E-state index contributed by atoms with van der Waals surface area (Å²) in [6.45, 7) is 2.39. The zero-order valence-electron chi connectivity index (χ0n) is 15.6. The van der Waals surface area contributed by atoms with Crippen molar-refractivity contribution in [1.29, 1.82) is 0 Å². The first-order valence-electron chi connectivity index (χ1n) is 9.41. The summed E-state index contributed by atoms with van der Waals surface area (Å²) in [7, 11) is 0. The predicted octanol–water partition coefficient (Wildman–Crippen LogP) is 3.42. The summed E-state index contributed by atoms with van der Waals surface area (Å²) in [6.07, 6.45) is 3.81. The number of hydroxylamine groups is 2. The van der Waals surface area contributed by atoms with Crippen molar-refractivity contribution < 1.29 is 28.0 Å². The fourth-order valence-electron chi connectivity index (χ4n) is 3.62. The lowest BCUT2D eigenvalue weighted by Crippen LogP contribution is -2.40. The largest absolute Gasteiger partial charge is 0.438 e. The minimum atomic E-state index is -1.02. The number of halogens is 2. The van der Waals surface area contributed by atoms with Crippen LogP contribution < -0.4 is 0 Å². The van der Waals surface area contributed by atoms with Crippen LogP contribution in [0.1, 0.15) is 51.0 Å². The molecule has 28 heavy (non-hydrogen) atoms. The summed E-state index contributed by atoms with van der Waals surface area (Å²) < 4.78 is 32.5. The molecule has 2 heterocycles. The standard InChI is InChI=1S/C19H23F2N3O4/c1-2-3-5-12(10-23(27)11-25)19(26)24-7-4-6-16(24)18-22-15-8-13(20)14(21)9-17(15)28-18/h8-9,11-12,16,27H,2-7,10H2,1H3. The average Bonchev–Trinajstić information content (AvgIpc) is 3.31. The van der Waals surface area contributed by atoms with Crippen molar-refractivity contribution in [3.63, 3.8) is 0 Å². The molecule has 2 amide bonds. The fourth-order valence-corrected chi connectivity index (χ4v) is 3.62. The number of amides is 2. The summed E-state index contributed by atoms with van der Waals surface area (Å²) in [5.74, 6) is -2.54. The number of hydrogen-bond acceptors (Lipinski definition) is 5. The maximum absolute atomic E-state index is 13.4. The van der Waals surface area contributed by atoms with Gasteiger partial charge >= 0.3 is 0 Å². The molecule has 2 atom stereocenters. The topological polar surface area (TPSA) is 86.9 Å². The van der Waals surface area contributed by atoms with E-state index in [4.69, 9.17) is 4.42 Å². The quantitative estimate of drug-likeness (QED) is 0.420. The van der Waals surface area contributed by atoms with E-state index in [0.29, 0.717) is 24.4 Å². The number of rotatable bonds is 8. The van der Waals surface area contributed by atoms with Gasteiger partial charge in [-0.3, -0.25) is 14.8 Å². The molecule has 152 valence electrons. The van der Waals surface area contributed by atoms with Gasteiger partial charge in [-0.15, -0.1) is 0 Å². The van der Waals surface area contributed by atoms with E-state index >= 15 is 0 Å². The van der Waals surface area contributed by atoms with Crippen molar-refractivity contribution in [2.24, 2.45) is 5.92 Å². The van der Waals surface area contributed by atoms with Gasteiger partial charge < -0.3 is 9.32 Å². The molecule has 0 saturated carbocycles. The molecule has 1 aliphatic heterocycles. The van der Waals surface area contributed by atoms with Crippen LogP contribution >= 0.6 is 0 Å². The number of nitrogens with zero attached hydrogens (tertiary/aromatic N) is 3. The highest BCUT2D eigenvalue weighted by Crippen LogP contribution is 2.35. The first-order valence-corrected chi connectivity index (χ1v) is 9.41. The Hall–Kier alpha value is -2.55. The van der Waals surface area contributed by atoms with Gasteiger partial charge in [0.2, 0.25) is 18.2 Å². The number of carbonyl (C=O) groups is 2. The van der Waals surface area contributed by atoms with Gasteiger partial charge in [0.25, 0.3) is 0 Å². The lowest BCUT2D eigenvalue weighted by molar-refractivity contribution is -0.157. The molecule has 1 aliphatic rings. The molecule has 1 fully saturated rings. The van der Waals surface area contributed by atoms with E-state index < -0.39 is 23.6 Å². The number of fused-ring (bicyclic) bond motifs is 1. The summed E-state index contributed by atoms with van der Waals surface area (Å²) in [5, 5.41) is 10.0. The summed E-state index contributed by atoms with van der Waals surface area (Å²) in [5.41, 5.74) is 0.316. The van der Waals surface area contributed by atoms with Crippen LogP contribution in [0.3, 0.4) is 0 Å². The van der Waals surface area contributed by atoms with Gasteiger partial charge in [0.05, 0.1) is 12.5 Å². The van der Waals surface area contributed by atoms with E-state index in [-0.39, 0.29) is 35.9 Å². The van der Waals surface area contributed by atoms with Crippen LogP contribution in [0.5, 0.6) is 0 Å². The molecule has 0 radical (unpaired) electrons. The third-order valence-corrected chi connectivity index (χ3v) is 5.05. The van der Waals surface area contributed by atoms with Crippen molar-refractivity contribution in [2.45, 2.75) is 45.1 Å². The van der Waals surface area contributed by atoms with Crippen molar-refractivity contribution >= 4 is 23.4 Å². The van der Waals surface area contributed by atoms with Gasteiger partial charge in [0.1, 0.15) is 11.6 Å². The van der Waals surface area contributed by atoms with Crippen LogP contribution in [-0.2, 0) is 9.59 Å². The zero-order chi connectivity index (χ0) is 20.3. The van der Waals surface area contributed by atoms with E-state index in [2.05, 4.69) is 4.98 Å². The fraction of sp³-hybridized carbons (Fsp3) is 0.526. The Kier molecular flexibility index (Phi) is 6.23. The van der Waals surface area contributed by atoms with Gasteiger partial charge in [-0.2, -0.15) is 0 Å². The maximum atomic E-state index is 13.4. The van der Waals surface area contributed by atoms with Crippen molar-refractivity contribution in [1.82, 2.24) is 14.9 Å². The van der Waals surface area contributed by atoms with Crippen molar-refractivity contribution in [3.8, 4) is 0 Å². The molecule has 1 aromatic carbocycles. The maximum Gasteiger partial charge on any atom is 0.233 e. The second kappa shape index (κ2) is 8.64. The highest BCUT2D eigenvalue weighted by molar-refractivity contribution is 5.80. The molecule has 0 aliphatic carbocycles. The first kappa shape index (κ1) is 20.2. The molecule has 7 nitrogen and oxygen atoms in total. The number of hydrogen-bond donors (Lipinski definition) is 1. The smallest absolute Gasteiger partial charge is 0.233 e. The Labute approximate surface area is 160 Å². The molecule has 1 saturated heterocycles. The van der Waals surface area contributed by atoms with Crippen LogP contribution in [0.2, 0.25) is 0 Å². The van der Waals surface area contributed by atoms with E-state index in [9.17, 15) is 23.6 Å². The number of oxazole rings is 1. The molecular formula is C19H23F2N3O4. The number of aromatic nitrogens is 1. The van der Waals surface area contributed by atoms with E-state index in [0.717, 1.165) is 31.4 Å². The summed E-state index contributed by atoms with van der Waals surface area (Å²) in [6, 6.07) is 1.47. The zero-order valence-corrected chi connectivity index (χ0v) is 15.6. The number of benzene rings is 1. The minimum Gasteiger partial charge on any atom is -0.438 e. The Morgan fingerprint density at radius 1 is 1.46 bits per heavy atom. The van der Waals surface area contributed by atoms with Gasteiger partial charge in [-0.1, -0.05) is 19.8 Å². The third-order valence-electron chi connectivity index (χ3n) is 5.05. The van der Waals surface area contributed by atoms with E-state index in [1.807, 2.05) is 6.92 Å². The second-order valence-electron chi connectivity index (χ2n) is 7.04. The molecule has 0 spiro atoms. The first-order chi connectivity index (χ1) is 13.4. The lowest BCUT2D eigenvalue weighted by atomic mass is 9.99. The lowest BCUT2D eigenvalue weighted by Gasteiger charge is -2.28. The van der Waals surface area contributed by atoms with Crippen LogP contribution in [0, 0.1) is 17.6 Å². The Morgan fingerprint density at radius 2 is 2.21 bits per heavy atom. The molecule has 1 aromatic heterocycles. The normalized spacial score (nSPS) is 17.9. The Balaban J connectivity index is 1.84. The molecular weight excluding hydrogens is 372 g/mol.